The highest BCUT2D eigenvalue weighted by Crippen LogP contribution is 2.52. The second-order valence-corrected chi connectivity index (χ2v) is 8.27. The van der Waals surface area contributed by atoms with Gasteiger partial charge < -0.3 is 26.2 Å². The van der Waals surface area contributed by atoms with E-state index in [4.69, 9.17) is 5.73 Å². The number of carbonyl (C=O) groups is 3. The van der Waals surface area contributed by atoms with E-state index in [-0.39, 0.29) is 23.3 Å². The standard InChI is InChI=1S/C21H22N2O7/c1-23(2)15-10-7-9-6-8-4-3-5-11(24)12(8)16(25)13(9)18(27)21(10,30)19(28)14(17(15)26)20(22)29/h3-5,9-10,15,24-25,28,30H,6-7H2,1-2H3,(H2,22,29)/t9?,10?,15-,21-/m1/s1. The highest BCUT2D eigenvalue weighted by molar-refractivity contribution is 6.24. The molecule has 0 aromatic heterocycles. The number of ketones is 2. The fourth-order valence-electron chi connectivity index (χ4n) is 5.18. The number of amides is 1. The third-order valence-corrected chi connectivity index (χ3v) is 6.46. The molecule has 1 fully saturated rings. The first-order valence-corrected chi connectivity index (χ1v) is 9.47. The first-order valence-electron chi connectivity index (χ1n) is 9.47. The van der Waals surface area contributed by atoms with Crippen molar-refractivity contribution < 1.29 is 34.8 Å². The summed E-state index contributed by atoms with van der Waals surface area (Å²) >= 11 is 0. The lowest BCUT2D eigenvalue weighted by Crippen LogP contribution is -2.65. The molecule has 0 heterocycles. The van der Waals surface area contributed by atoms with Crippen LogP contribution in [0.3, 0.4) is 0 Å². The summed E-state index contributed by atoms with van der Waals surface area (Å²) in [5.41, 5.74) is 2.41. The van der Waals surface area contributed by atoms with Crippen LogP contribution in [0.25, 0.3) is 5.76 Å². The normalized spacial score (nSPS) is 30.9. The fourth-order valence-corrected chi connectivity index (χ4v) is 5.18. The van der Waals surface area contributed by atoms with Crippen LogP contribution in [0, 0.1) is 11.8 Å². The van der Waals surface area contributed by atoms with Crippen molar-refractivity contribution >= 4 is 23.2 Å². The molecule has 3 aliphatic rings. The Balaban J connectivity index is 1.98. The van der Waals surface area contributed by atoms with Gasteiger partial charge in [-0.25, -0.2) is 0 Å². The van der Waals surface area contributed by atoms with Gasteiger partial charge in [0.1, 0.15) is 22.8 Å². The van der Waals surface area contributed by atoms with E-state index in [1.165, 1.54) is 11.0 Å². The Kier molecular flexibility index (Phi) is 4.30. The lowest BCUT2D eigenvalue weighted by molar-refractivity contribution is -0.153. The van der Waals surface area contributed by atoms with E-state index in [2.05, 4.69) is 0 Å². The van der Waals surface area contributed by atoms with Gasteiger partial charge in [0.25, 0.3) is 5.91 Å². The van der Waals surface area contributed by atoms with Gasteiger partial charge in [0.05, 0.1) is 11.6 Å². The van der Waals surface area contributed by atoms with Gasteiger partial charge in [-0.05, 0) is 44.5 Å². The first-order chi connectivity index (χ1) is 14.0. The number of aliphatic hydroxyl groups is 3. The minimum Gasteiger partial charge on any atom is -0.508 e. The molecule has 158 valence electrons. The van der Waals surface area contributed by atoms with Gasteiger partial charge >= 0.3 is 0 Å². The molecule has 1 aromatic rings. The molecule has 9 heteroatoms. The Hall–Kier alpha value is -3.17. The Morgan fingerprint density at radius 1 is 1.20 bits per heavy atom. The maximum Gasteiger partial charge on any atom is 0.255 e. The fraction of sp³-hybridized carbons (Fsp3) is 0.381. The van der Waals surface area contributed by atoms with Crippen LogP contribution in [0.5, 0.6) is 5.75 Å². The summed E-state index contributed by atoms with van der Waals surface area (Å²) in [5, 5.41) is 43.1. The van der Waals surface area contributed by atoms with Crippen LogP contribution in [-0.4, -0.2) is 68.5 Å². The predicted octanol–water partition coefficient (Wildman–Crippen LogP) is -0.0360. The molecule has 0 spiro atoms. The van der Waals surface area contributed by atoms with Crippen LogP contribution in [0.4, 0.5) is 0 Å². The van der Waals surface area contributed by atoms with Gasteiger partial charge in [-0.2, -0.15) is 0 Å². The summed E-state index contributed by atoms with van der Waals surface area (Å²) in [5.74, 6) is -6.43. The summed E-state index contributed by atoms with van der Waals surface area (Å²) in [6.45, 7) is 0. The highest BCUT2D eigenvalue weighted by Gasteiger charge is 2.64. The number of likely N-dealkylation sites (N-methyl/N-ethyl adjacent to an activating group) is 1. The average Bonchev–Trinajstić information content (AvgIpc) is 2.64. The lowest BCUT2D eigenvalue weighted by atomic mass is 9.57. The number of hydrogen-bond acceptors (Lipinski definition) is 8. The number of carbonyl (C=O) groups excluding carboxylic acids is 3. The van der Waals surface area contributed by atoms with E-state index in [1.54, 1.807) is 26.2 Å². The molecule has 2 unspecified atom stereocenters. The van der Waals surface area contributed by atoms with Crippen molar-refractivity contribution in [3.63, 3.8) is 0 Å². The molecule has 0 bridgehead atoms. The number of benzene rings is 1. The predicted molar refractivity (Wildman–Crippen MR) is 104 cm³/mol. The van der Waals surface area contributed by atoms with E-state index < -0.39 is 58.0 Å². The van der Waals surface area contributed by atoms with Crippen LogP contribution >= 0.6 is 0 Å². The van der Waals surface area contributed by atoms with Crippen LogP contribution in [0.1, 0.15) is 17.5 Å². The third kappa shape index (κ3) is 2.39. The Labute approximate surface area is 171 Å². The van der Waals surface area contributed by atoms with Crippen molar-refractivity contribution in [2.24, 2.45) is 17.6 Å². The number of aromatic hydroxyl groups is 1. The van der Waals surface area contributed by atoms with Crippen LogP contribution in [0.15, 0.2) is 35.1 Å². The van der Waals surface area contributed by atoms with Gasteiger partial charge in [-0.3, -0.25) is 19.3 Å². The average molecular weight is 414 g/mol. The molecular weight excluding hydrogens is 392 g/mol. The largest absolute Gasteiger partial charge is 0.508 e. The summed E-state index contributed by atoms with van der Waals surface area (Å²) in [6.07, 6.45) is 0.379. The van der Waals surface area contributed by atoms with Crippen molar-refractivity contribution in [2.75, 3.05) is 14.1 Å². The topological polar surface area (TPSA) is 161 Å². The van der Waals surface area contributed by atoms with Gasteiger partial charge in [0.15, 0.2) is 11.4 Å². The molecule has 0 saturated heterocycles. The second-order valence-electron chi connectivity index (χ2n) is 8.27. The lowest BCUT2D eigenvalue weighted by Gasteiger charge is -2.50. The Morgan fingerprint density at radius 2 is 1.87 bits per heavy atom. The quantitative estimate of drug-likeness (QED) is 0.421. The number of aliphatic hydroxyl groups excluding tert-OH is 2. The molecule has 0 radical (unpaired) electrons. The maximum atomic E-state index is 13.5. The summed E-state index contributed by atoms with van der Waals surface area (Å²) in [7, 11) is 3.12. The van der Waals surface area contributed by atoms with Crippen LogP contribution < -0.4 is 5.73 Å². The number of Topliss-reactive ketones (excluding diaryl/α,β-unsaturated/α-hetero) is 2. The molecule has 9 nitrogen and oxygen atoms in total. The molecular formula is C21H22N2O7. The van der Waals surface area contributed by atoms with Gasteiger partial charge in [0, 0.05) is 11.5 Å². The van der Waals surface area contributed by atoms with Crippen molar-refractivity contribution in [3.05, 3.63) is 46.2 Å². The highest BCUT2D eigenvalue weighted by atomic mass is 16.3. The minimum absolute atomic E-state index is 0.0847. The van der Waals surface area contributed by atoms with Gasteiger partial charge in [-0.15, -0.1) is 0 Å². The van der Waals surface area contributed by atoms with E-state index in [0.29, 0.717) is 12.0 Å². The van der Waals surface area contributed by atoms with Crippen molar-refractivity contribution in [1.82, 2.24) is 4.90 Å². The monoisotopic (exact) mass is 414 g/mol. The smallest absolute Gasteiger partial charge is 0.255 e. The third-order valence-electron chi connectivity index (χ3n) is 6.46. The zero-order chi connectivity index (χ0) is 22.1. The molecule has 1 saturated carbocycles. The SMILES string of the molecule is CN(C)[C@H]1C(=O)C(C(N)=O)=C(O)[C@]2(O)C(=O)C3=C(O)c4c(O)cccc4CC3CC12. The summed E-state index contributed by atoms with van der Waals surface area (Å²) < 4.78 is 0. The number of nitrogens with two attached hydrogens (primary N) is 1. The molecule has 1 aromatic carbocycles. The molecule has 0 aliphatic heterocycles. The Morgan fingerprint density at radius 3 is 2.47 bits per heavy atom. The molecule has 30 heavy (non-hydrogen) atoms. The molecule has 6 N–H and O–H groups in total. The Bertz CT molecular complexity index is 1070. The van der Waals surface area contributed by atoms with Crippen molar-refractivity contribution in [2.45, 2.75) is 24.5 Å². The molecule has 4 rings (SSSR count). The van der Waals surface area contributed by atoms with Crippen LogP contribution in [0.2, 0.25) is 0 Å². The summed E-state index contributed by atoms with van der Waals surface area (Å²) in [6, 6.07) is 3.62. The number of fused-ring (bicyclic) bond motifs is 3. The zero-order valence-corrected chi connectivity index (χ0v) is 16.4. The number of phenols is 1. The van der Waals surface area contributed by atoms with E-state index >= 15 is 0 Å². The number of primary amides is 1. The maximum absolute atomic E-state index is 13.5. The number of nitrogens with zero attached hydrogens (tertiary/aromatic N) is 1. The summed E-state index contributed by atoms with van der Waals surface area (Å²) in [4.78, 5) is 39.7. The van der Waals surface area contributed by atoms with Crippen LogP contribution in [-0.2, 0) is 20.8 Å². The first kappa shape index (κ1) is 20.1. The van der Waals surface area contributed by atoms with E-state index in [9.17, 15) is 34.8 Å². The van der Waals surface area contributed by atoms with Crippen molar-refractivity contribution in [3.8, 4) is 5.75 Å². The van der Waals surface area contributed by atoms with Gasteiger partial charge in [0.2, 0.25) is 5.78 Å². The molecule has 1 amide bonds. The second kappa shape index (κ2) is 6.41. The van der Waals surface area contributed by atoms with E-state index in [1.807, 2.05) is 0 Å². The molecule has 3 aliphatic carbocycles. The zero-order valence-electron chi connectivity index (χ0n) is 16.4. The van der Waals surface area contributed by atoms with Gasteiger partial charge in [-0.1, -0.05) is 12.1 Å². The number of hydrogen-bond donors (Lipinski definition) is 5. The van der Waals surface area contributed by atoms with E-state index in [0.717, 1.165) is 0 Å². The van der Waals surface area contributed by atoms with Crippen molar-refractivity contribution in [1.29, 1.82) is 0 Å². The number of rotatable bonds is 2. The minimum atomic E-state index is -2.60. The number of phenolic OH excluding ortho intramolecular Hbond substituents is 1. The molecule has 4 atom stereocenters.